The molecule has 0 N–H and O–H groups in total. The summed E-state index contributed by atoms with van der Waals surface area (Å²) in [4.78, 5) is 0. The Labute approximate surface area is 167 Å². The van der Waals surface area contributed by atoms with Gasteiger partial charge in [-0.2, -0.15) is 25.3 Å². The lowest BCUT2D eigenvalue weighted by molar-refractivity contribution is 0.0392. The Hall–Kier alpha value is -0.0800. The first kappa shape index (κ1) is 21.2. The predicted molar refractivity (Wildman–Crippen MR) is 119 cm³/mol. The lowest BCUT2D eigenvalue weighted by Crippen LogP contribution is -2.47. The van der Waals surface area contributed by atoms with E-state index in [2.05, 4.69) is 57.7 Å². The Morgan fingerprint density at radius 3 is 1.68 bits per heavy atom. The molecule has 1 atom stereocenters. The second-order valence-electron chi connectivity index (χ2n) is 8.64. The van der Waals surface area contributed by atoms with E-state index in [1.807, 2.05) is 6.07 Å². The van der Waals surface area contributed by atoms with Gasteiger partial charge in [0.05, 0.1) is 0 Å². The molecule has 0 nitrogen and oxygen atoms in total. The van der Waals surface area contributed by atoms with E-state index in [1.165, 1.54) is 37.7 Å². The third-order valence-corrected chi connectivity index (χ3v) is 7.24. The Kier molecular flexibility index (Phi) is 8.75. The molecule has 1 aromatic rings. The van der Waals surface area contributed by atoms with Gasteiger partial charge in [0.25, 0.3) is 0 Å². The molecule has 0 aliphatic heterocycles. The highest BCUT2D eigenvalue weighted by atomic mass is 32.1. The lowest BCUT2D eigenvalue weighted by atomic mass is 9.56. The fraction of sp³-hybridized carbons (Fsp3) is 0.739. The van der Waals surface area contributed by atoms with Crippen LogP contribution in [0.5, 0.6) is 0 Å². The van der Waals surface area contributed by atoms with Crippen LogP contribution >= 0.6 is 25.3 Å². The summed E-state index contributed by atoms with van der Waals surface area (Å²) < 4.78 is 0.495. The van der Waals surface area contributed by atoms with Gasteiger partial charge in [-0.05, 0) is 73.5 Å². The van der Waals surface area contributed by atoms with E-state index >= 15 is 0 Å². The number of unbranched alkanes of at least 4 members (excludes halogenated alkanes) is 1. The minimum Gasteiger partial charge on any atom is -0.179 e. The molecule has 0 amide bonds. The van der Waals surface area contributed by atoms with Crippen LogP contribution in [0.3, 0.4) is 0 Å². The van der Waals surface area contributed by atoms with Crippen LogP contribution in [0.25, 0.3) is 0 Å². The van der Waals surface area contributed by atoms with Gasteiger partial charge in [0.2, 0.25) is 0 Å². The molecule has 0 saturated heterocycles. The first-order valence-electron chi connectivity index (χ1n) is 10.4. The van der Waals surface area contributed by atoms with Gasteiger partial charge < -0.3 is 0 Å². The van der Waals surface area contributed by atoms with Crippen molar-refractivity contribution >= 4 is 25.3 Å². The average molecular weight is 379 g/mol. The maximum absolute atomic E-state index is 4.85. The molecule has 0 heterocycles. The third-order valence-electron chi connectivity index (χ3n) is 6.15. The van der Waals surface area contributed by atoms with Crippen LogP contribution < -0.4 is 0 Å². The fourth-order valence-electron chi connectivity index (χ4n) is 4.95. The van der Waals surface area contributed by atoms with Crippen molar-refractivity contribution in [3.05, 3.63) is 35.9 Å². The maximum atomic E-state index is 4.85. The van der Waals surface area contributed by atoms with Crippen molar-refractivity contribution in [1.82, 2.24) is 0 Å². The molecule has 4 bridgehead atoms. The Bertz CT molecular complexity index is 445. The fourth-order valence-corrected chi connectivity index (χ4v) is 5.94. The molecule has 0 aromatic heterocycles. The van der Waals surface area contributed by atoms with Gasteiger partial charge in [-0.15, -0.1) is 0 Å². The van der Waals surface area contributed by atoms with Crippen molar-refractivity contribution in [2.24, 2.45) is 17.8 Å². The van der Waals surface area contributed by atoms with Crippen LogP contribution in [0.1, 0.15) is 83.6 Å². The highest BCUT2D eigenvalue weighted by Crippen LogP contribution is 2.57. The minimum atomic E-state index is 0.495. The summed E-state index contributed by atoms with van der Waals surface area (Å²) in [7, 11) is 0. The molecule has 142 valence electrons. The maximum Gasteiger partial charge on any atom is 0.0137 e. The van der Waals surface area contributed by atoms with Crippen molar-refractivity contribution < 1.29 is 0 Å². The molecule has 5 rings (SSSR count). The van der Waals surface area contributed by atoms with Gasteiger partial charge in [0.15, 0.2) is 0 Å². The van der Waals surface area contributed by atoms with E-state index in [1.54, 1.807) is 19.3 Å². The van der Waals surface area contributed by atoms with E-state index in [4.69, 9.17) is 12.6 Å². The molecule has 4 aliphatic carbocycles. The molecular weight excluding hydrogens is 340 g/mol. The van der Waals surface area contributed by atoms with E-state index < -0.39 is 0 Å². The van der Waals surface area contributed by atoms with Gasteiger partial charge in [-0.25, -0.2) is 0 Å². The summed E-state index contributed by atoms with van der Waals surface area (Å²) in [6.07, 6.45) is 11.6. The first-order chi connectivity index (χ1) is 12.0. The molecular formula is C23H38S2. The predicted octanol–water partition coefficient (Wildman–Crippen LogP) is 7.41. The van der Waals surface area contributed by atoms with Gasteiger partial charge in [-0.3, -0.25) is 0 Å². The zero-order valence-corrected chi connectivity index (χ0v) is 18.2. The van der Waals surface area contributed by atoms with E-state index in [0.29, 0.717) is 10.7 Å². The highest BCUT2D eigenvalue weighted by Gasteiger charge is 2.48. The molecule has 1 aromatic carbocycles. The van der Waals surface area contributed by atoms with E-state index in [9.17, 15) is 0 Å². The Morgan fingerprint density at radius 1 is 0.920 bits per heavy atom. The smallest absolute Gasteiger partial charge is 0.0137 e. The van der Waals surface area contributed by atoms with Gasteiger partial charge in [0.1, 0.15) is 0 Å². The monoisotopic (exact) mass is 378 g/mol. The van der Waals surface area contributed by atoms with Crippen molar-refractivity contribution in [2.45, 2.75) is 82.8 Å². The number of thiol groups is 2. The minimum absolute atomic E-state index is 0.495. The van der Waals surface area contributed by atoms with Crippen LogP contribution in [-0.4, -0.2) is 10.5 Å². The largest absolute Gasteiger partial charge is 0.179 e. The van der Waals surface area contributed by atoms with Gasteiger partial charge in [0, 0.05) is 4.75 Å². The van der Waals surface area contributed by atoms with E-state index in [0.717, 1.165) is 23.5 Å². The number of rotatable bonds is 3. The number of hydrogen-bond donors (Lipinski definition) is 2. The first-order valence-corrected chi connectivity index (χ1v) is 11.5. The molecule has 4 saturated carbocycles. The topological polar surface area (TPSA) is 0 Å². The summed E-state index contributed by atoms with van der Waals surface area (Å²) in [5.41, 5.74) is 1.37. The summed E-state index contributed by atoms with van der Waals surface area (Å²) in [6.45, 7) is 6.54. The summed E-state index contributed by atoms with van der Waals surface area (Å²) >= 11 is 9.08. The molecule has 0 radical (unpaired) electrons. The molecule has 2 heteroatoms. The van der Waals surface area contributed by atoms with Crippen molar-refractivity contribution in [3.8, 4) is 0 Å². The van der Waals surface area contributed by atoms with Crippen LogP contribution in [0, 0.1) is 17.8 Å². The number of hydrogen-bond acceptors (Lipinski definition) is 2. The molecule has 25 heavy (non-hydrogen) atoms. The quantitative estimate of drug-likeness (QED) is 0.503. The standard InChI is InChI=1S/C10H16S.C9H12S.C4H10/c11-10-4-7-1-8(5-10)3-9(2-7)6-10;1-8(7-10)9-5-3-2-4-6-9;1-3-4-2/h7-9,11H,1-6H2;2-6,8,10H,7H2,1H3;3-4H2,1-2H3. The van der Waals surface area contributed by atoms with Crippen LogP contribution in [-0.2, 0) is 0 Å². The molecule has 4 aliphatic rings. The molecule has 0 spiro atoms. The second-order valence-corrected chi connectivity index (χ2v) is 9.95. The van der Waals surface area contributed by atoms with Gasteiger partial charge >= 0.3 is 0 Å². The van der Waals surface area contributed by atoms with Crippen molar-refractivity contribution in [2.75, 3.05) is 5.75 Å². The summed E-state index contributed by atoms with van der Waals surface area (Å²) in [5.74, 6) is 4.70. The SMILES string of the molecule is CC(CS)c1ccccc1.CCCC.SC12CC3CC(CC(C3)C1)C2. The van der Waals surface area contributed by atoms with E-state index in [-0.39, 0.29) is 0 Å². The highest BCUT2D eigenvalue weighted by molar-refractivity contribution is 7.81. The summed E-state index contributed by atoms with van der Waals surface area (Å²) in [5, 5.41) is 0. The van der Waals surface area contributed by atoms with Crippen LogP contribution in [0.15, 0.2) is 30.3 Å². The van der Waals surface area contributed by atoms with Crippen molar-refractivity contribution in [3.63, 3.8) is 0 Å². The number of benzene rings is 1. The van der Waals surface area contributed by atoms with Crippen LogP contribution in [0.2, 0.25) is 0 Å². The summed E-state index contributed by atoms with van der Waals surface area (Å²) in [6, 6.07) is 10.4. The zero-order chi connectivity index (χ0) is 18.3. The normalized spacial score (nSPS) is 32.9. The zero-order valence-electron chi connectivity index (χ0n) is 16.5. The molecule has 4 fully saturated rings. The average Bonchev–Trinajstić information content (AvgIpc) is 2.60. The van der Waals surface area contributed by atoms with Gasteiger partial charge in [-0.1, -0.05) is 63.9 Å². The van der Waals surface area contributed by atoms with Crippen molar-refractivity contribution in [1.29, 1.82) is 0 Å². The van der Waals surface area contributed by atoms with Crippen LogP contribution in [0.4, 0.5) is 0 Å². The Morgan fingerprint density at radius 2 is 1.36 bits per heavy atom. The second kappa shape index (κ2) is 10.3. The lowest BCUT2D eigenvalue weighted by Gasteiger charge is -2.54. The Balaban J connectivity index is 0.000000151. The molecule has 1 unspecified atom stereocenters. The third kappa shape index (κ3) is 6.54.